The molecule has 0 amide bonds. The van der Waals surface area contributed by atoms with E-state index in [1.807, 2.05) is 38.1 Å². The molecular weight excluding hydrogens is 266 g/mol. The van der Waals surface area contributed by atoms with Crippen LogP contribution in [0.2, 0.25) is 0 Å². The Labute approximate surface area is 118 Å². The van der Waals surface area contributed by atoms with Crippen LogP contribution >= 0.6 is 23.7 Å². The van der Waals surface area contributed by atoms with Crippen LogP contribution in [0.5, 0.6) is 0 Å². The number of benzene rings is 1. The van der Waals surface area contributed by atoms with Gasteiger partial charge in [0.15, 0.2) is 5.78 Å². The zero-order chi connectivity index (χ0) is 12.4. The number of rotatable bonds is 4. The molecule has 0 bridgehead atoms. The predicted octanol–water partition coefficient (Wildman–Crippen LogP) is 3.77. The maximum absolute atomic E-state index is 12.1. The fourth-order valence-corrected chi connectivity index (χ4v) is 3.06. The number of carbonyl (C=O) groups excluding carboxylic acids is 1. The Bertz CT molecular complexity index is 548. The fraction of sp³-hybridized carbons (Fsp3) is 0.357. The van der Waals surface area contributed by atoms with Gasteiger partial charge in [-0.05, 0) is 38.0 Å². The first-order valence-corrected chi connectivity index (χ1v) is 6.57. The van der Waals surface area contributed by atoms with Crippen LogP contribution in [0.1, 0.15) is 21.7 Å². The second kappa shape index (κ2) is 6.32. The molecule has 0 saturated carbocycles. The van der Waals surface area contributed by atoms with Crippen molar-refractivity contribution < 1.29 is 4.79 Å². The second-order valence-corrected chi connectivity index (χ2v) is 5.58. The molecule has 98 valence electrons. The highest BCUT2D eigenvalue weighted by molar-refractivity contribution is 7.21. The molecule has 1 aromatic carbocycles. The smallest absolute Gasteiger partial charge is 0.174 e. The number of nitrogens with zero attached hydrogens (tertiary/aromatic N) is 1. The highest BCUT2D eigenvalue weighted by Crippen LogP contribution is 2.31. The first-order valence-electron chi connectivity index (χ1n) is 5.75. The van der Waals surface area contributed by atoms with Crippen LogP contribution in [0.15, 0.2) is 24.3 Å². The summed E-state index contributed by atoms with van der Waals surface area (Å²) in [4.78, 5) is 15.1. The van der Waals surface area contributed by atoms with E-state index in [1.54, 1.807) is 11.3 Å². The van der Waals surface area contributed by atoms with Crippen LogP contribution in [0.4, 0.5) is 0 Å². The van der Waals surface area contributed by atoms with Crippen LogP contribution in [-0.2, 0) is 0 Å². The number of aryl methyl sites for hydroxylation is 1. The van der Waals surface area contributed by atoms with Crippen LogP contribution < -0.4 is 0 Å². The van der Waals surface area contributed by atoms with E-state index in [9.17, 15) is 4.79 Å². The molecule has 0 saturated heterocycles. The van der Waals surface area contributed by atoms with E-state index in [-0.39, 0.29) is 18.2 Å². The van der Waals surface area contributed by atoms with Crippen LogP contribution in [0.25, 0.3) is 10.1 Å². The van der Waals surface area contributed by atoms with Gasteiger partial charge in [-0.25, -0.2) is 0 Å². The highest BCUT2D eigenvalue weighted by Gasteiger charge is 2.14. The summed E-state index contributed by atoms with van der Waals surface area (Å²) in [6.07, 6.45) is 0.598. The molecule has 0 radical (unpaired) electrons. The van der Waals surface area contributed by atoms with Crippen LogP contribution in [-0.4, -0.2) is 31.3 Å². The third-order valence-electron chi connectivity index (χ3n) is 2.88. The molecule has 1 heterocycles. The minimum atomic E-state index is 0. The standard InChI is InChI=1S/C14H17NOS.ClH/c1-10-11-6-4-5-7-13(11)17-14(10)12(16)8-9-15(2)3;/h4-7H,8-9H2,1-3H3;1H. The number of halogens is 1. The zero-order valence-corrected chi connectivity index (χ0v) is 12.5. The summed E-state index contributed by atoms with van der Waals surface area (Å²) in [5.74, 6) is 0.261. The summed E-state index contributed by atoms with van der Waals surface area (Å²) >= 11 is 1.62. The third kappa shape index (κ3) is 3.10. The average molecular weight is 284 g/mol. The predicted molar refractivity (Wildman–Crippen MR) is 81.3 cm³/mol. The summed E-state index contributed by atoms with van der Waals surface area (Å²) in [5, 5.41) is 1.21. The summed E-state index contributed by atoms with van der Waals surface area (Å²) in [5.41, 5.74) is 1.13. The summed E-state index contributed by atoms with van der Waals surface area (Å²) in [6, 6.07) is 8.21. The molecule has 4 heteroatoms. The van der Waals surface area contributed by atoms with Gasteiger partial charge in [-0.1, -0.05) is 18.2 Å². The van der Waals surface area contributed by atoms with Gasteiger partial charge in [0.2, 0.25) is 0 Å². The molecule has 0 aliphatic carbocycles. The molecule has 0 N–H and O–H groups in total. The van der Waals surface area contributed by atoms with Gasteiger partial charge in [-0.15, -0.1) is 23.7 Å². The SMILES string of the molecule is Cc1c(C(=O)CCN(C)C)sc2ccccc12.Cl. The second-order valence-electron chi connectivity index (χ2n) is 4.53. The highest BCUT2D eigenvalue weighted by atomic mass is 35.5. The summed E-state index contributed by atoms with van der Waals surface area (Å²) < 4.78 is 1.21. The molecule has 0 atom stereocenters. The summed E-state index contributed by atoms with van der Waals surface area (Å²) in [6.45, 7) is 2.86. The molecule has 2 rings (SSSR count). The van der Waals surface area contributed by atoms with Gasteiger partial charge in [0, 0.05) is 17.7 Å². The van der Waals surface area contributed by atoms with E-state index < -0.39 is 0 Å². The first kappa shape index (κ1) is 15.2. The van der Waals surface area contributed by atoms with E-state index in [0.717, 1.165) is 17.0 Å². The van der Waals surface area contributed by atoms with Crippen LogP contribution in [0, 0.1) is 6.92 Å². The van der Waals surface area contributed by atoms with Gasteiger partial charge in [0.05, 0.1) is 4.88 Å². The Morgan fingerprint density at radius 3 is 2.56 bits per heavy atom. The number of hydrogen-bond donors (Lipinski definition) is 0. The Hall–Kier alpha value is -0.900. The number of carbonyl (C=O) groups is 1. The van der Waals surface area contributed by atoms with Crippen LogP contribution in [0.3, 0.4) is 0 Å². The Morgan fingerprint density at radius 1 is 1.28 bits per heavy atom. The van der Waals surface area contributed by atoms with E-state index in [2.05, 4.69) is 12.1 Å². The van der Waals surface area contributed by atoms with E-state index >= 15 is 0 Å². The molecule has 0 unspecified atom stereocenters. The van der Waals surface area contributed by atoms with Gasteiger partial charge >= 0.3 is 0 Å². The van der Waals surface area contributed by atoms with Crippen molar-refractivity contribution in [3.05, 3.63) is 34.7 Å². The van der Waals surface area contributed by atoms with Gasteiger partial charge in [0.1, 0.15) is 0 Å². The van der Waals surface area contributed by atoms with Crippen molar-refractivity contribution in [3.8, 4) is 0 Å². The van der Waals surface area contributed by atoms with E-state index in [4.69, 9.17) is 0 Å². The minimum absolute atomic E-state index is 0. The molecule has 0 aliphatic rings. The Balaban J connectivity index is 0.00000162. The quantitative estimate of drug-likeness (QED) is 0.796. The summed E-state index contributed by atoms with van der Waals surface area (Å²) in [7, 11) is 3.98. The van der Waals surface area contributed by atoms with Gasteiger partial charge in [-0.2, -0.15) is 0 Å². The molecule has 18 heavy (non-hydrogen) atoms. The minimum Gasteiger partial charge on any atom is -0.309 e. The van der Waals surface area contributed by atoms with E-state index in [0.29, 0.717) is 6.42 Å². The van der Waals surface area contributed by atoms with Crippen molar-refractivity contribution in [1.82, 2.24) is 4.90 Å². The van der Waals surface area contributed by atoms with Gasteiger partial charge in [0.25, 0.3) is 0 Å². The lowest BCUT2D eigenvalue weighted by Crippen LogP contribution is -2.16. The molecule has 0 spiro atoms. The number of thiophene rings is 1. The first-order chi connectivity index (χ1) is 8.09. The number of fused-ring (bicyclic) bond motifs is 1. The van der Waals surface area contributed by atoms with Crippen molar-refractivity contribution in [2.45, 2.75) is 13.3 Å². The van der Waals surface area contributed by atoms with Gasteiger partial charge in [-0.3, -0.25) is 4.79 Å². The van der Waals surface area contributed by atoms with Crippen molar-refractivity contribution in [2.75, 3.05) is 20.6 Å². The topological polar surface area (TPSA) is 20.3 Å². The lowest BCUT2D eigenvalue weighted by atomic mass is 10.1. The molecule has 0 aliphatic heterocycles. The third-order valence-corrected chi connectivity index (χ3v) is 4.20. The molecule has 1 aromatic heterocycles. The van der Waals surface area contributed by atoms with Crippen molar-refractivity contribution >= 4 is 39.6 Å². The monoisotopic (exact) mass is 283 g/mol. The number of ketones is 1. The Kier molecular flexibility index (Phi) is 5.32. The molecular formula is C14H18ClNOS. The van der Waals surface area contributed by atoms with Crippen molar-refractivity contribution in [2.24, 2.45) is 0 Å². The lowest BCUT2D eigenvalue weighted by Gasteiger charge is -2.07. The van der Waals surface area contributed by atoms with Gasteiger partial charge < -0.3 is 4.90 Å². The maximum atomic E-state index is 12.1. The largest absolute Gasteiger partial charge is 0.309 e. The average Bonchev–Trinajstić information content (AvgIpc) is 2.64. The molecule has 0 fully saturated rings. The van der Waals surface area contributed by atoms with Crippen molar-refractivity contribution in [3.63, 3.8) is 0 Å². The number of hydrogen-bond acceptors (Lipinski definition) is 3. The Morgan fingerprint density at radius 2 is 1.94 bits per heavy atom. The lowest BCUT2D eigenvalue weighted by molar-refractivity contribution is 0.0976. The molecule has 2 nitrogen and oxygen atoms in total. The molecule has 2 aromatic rings. The zero-order valence-electron chi connectivity index (χ0n) is 10.9. The normalized spacial score (nSPS) is 10.7. The fourth-order valence-electron chi connectivity index (χ4n) is 1.88. The maximum Gasteiger partial charge on any atom is 0.174 e. The van der Waals surface area contributed by atoms with Crippen molar-refractivity contribution in [1.29, 1.82) is 0 Å². The number of Topliss-reactive ketones (excluding diaryl/α,β-unsaturated/α-hetero) is 1. The van der Waals surface area contributed by atoms with E-state index in [1.165, 1.54) is 10.1 Å².